The maximum atomic E-state index is 14.9. The van der Waals surface area contributed by atoms with Crippen LogP contribution in [0.3, 0.4) is 0 Å². The first-order valence-electron chi connectivity index (χ1n) is 11.7. The van der Waals surface area contributed by atoms with Crippen LogP contribution in [0.5, 0.6) is 5.75 Å². The van der Waals surface area contributed by atoms with Crippen LogP contribution in [-0.2, 0) is 9.59 Å². The van der Waals surface area contributed by atoms with Gasteiger partial charge in [0.25, 0.3) is 11.7 Å². The standard InChI is InChI=1S/C28H25BrF2N2O4/c1-4-32(5-2)19-10-6-16(7-11-19)25-24(26(34)17-8-13-23(37-3)20(29)14-17)27(35)28(36)33(25)22-12-9-18(30)15-21(22)31/h6-15,25,34H,4-5H2,1-3H3/b26-24+. The maximum absolute atomic E-state index is 14.9. The van der Waals surface area contributed by atoms with Gasteiger partial charge < -0.3 is 14.7 Å². The zero-order valence-corrected chi connectivity index (χ0v) is 22.1. The van der Waals surface area contributed by atoms with E-state index < -0.39 is 35.1 Å². The Hall–Kier alpha value is -3.72. The first kappa shape index (κ1) is 26.3. The summed E-state index contributed by atoms with van der Waals surface area (Å²) < 4.78 is 34.3. The number of benzene rings is 3. The normalized spacial score (nSPS) is 16.8. The molecule has 1 saturated heterocycles. The molecule has 1 N–H and O–H groups in total. The smallest absolute Gasteiger partial charge is 0.300 e. The molecule has 3 aromatic rings. The number of hydrogen-bond donors (Lipinski definition) is 1. The first-order valence-corrected chi connectivity index (χ1v) is 12.5. The number of aliphatic hydroxyl groups is 1. The highest BCUT2D eigenvalue weighted by Crippen LogP contribution is 2.43. The van der Waals surface area contributed by atoms with Crippen molar-refractivity contribution < 1.29 is 28.2 Å². The topological polar surface area (TPSA) is 70.1 Å². The van der Waals surface area contributed by atoms with Crippen LogP contribution in [0.15, 0.2) is 70.7 Å². The largest absolute Gasteiger partial charge is 0.507 e. The second-order valence-corrected chi connectivity index (χ2v) is 9.23. The Kier molecular flexibility index (Phi) is 7.63. The SMILES string of the molecule is CCN(CC)c1ccc(C2/C(=C(\O)c3ccc(OC)c(Br)c3)C(=O)C(=O)N2c2ccc(F)cc2F)cc1. The van der Waals surface area contributed by atoms with E-state index in [1.165, 1.54) is 7.11 Å². The number of amides is 1. The molecule has 0 saturated carbocycles. The molecule has 6 nitrogen and oxygen atoms in total. The van der Waals surface area contributed by atoms with Crippen LogP contribution >= 0.6 is 15.9 Å². The number of ketones is 1. The number of nitrogens with zero attached hydrogens (tertiary/aromatic N) is 2. The van der Waals surface area contributed by atoms with Crippen LogP contribution in [0.4, 0.5) is 20.2 Å². The lowest BCUT2D eigenvalue weighted by atomic mass is 9.94. The van der Waals surface area contributed by atoms with Gasteiger partial charge in [-0.25, -0.2) is 8.78 Å². The summed E-state index contributed by atoms with van der Waals surface area (Å²) in [5.74, 6) is -3.75. The molecule has 9 heteroatoms. The quantitative estimate of drug-likeness (QED) is 0.208. The summed E-state index contributed by atoms with van der Waals surface area (Å²) in [6.45, 7) is 5.61. The fourth-order valence-electron chi connectivity index (χ4n) is 4.50. The number of carbonyl (C=O) groups excluding carboxylic acids is 2. The highest BCUT2D eigenvalue weighted by molar-refractivity contribution is 9.10. The van der Waals surface area contributed by atoms with Crippen molar-refractivity contribution in [1.29, 1.82) is 0 Å². The van der Waals surface area contributed by atoms with Crippen molar-refractivity contribution in [2.75, 3.05) is 30.0 Å². The van der Waals surface area contributed by atoms with Gasteiger partial charge in [0.15, 0.2) is 0 Å². The number of methoxy groups -OCH3 is 1. The molecule has 0 spiro atoms. The van der Waals surface area contributed by atoms with Crippen molar-refractivity contribution in [3.63, 3.8) is 0 Å². The molecule has 37 heavy (non-hydrogen) atoms. The van der Waals surface area contributed by atoms with E-state index in [0.29, 0.717) is 21.9 Å². The summed E-state index contributed by atoms with van der Waals surface area (Å²) in [6.07, 6.45) is 0. The van der Waals surface area contributed by atoms with Crippen molar-refractivity contribution in [1.82, 2.24) is 0 Å². The Bertz CT molecular complexity index is 1390. The summed E-state index contributed by atoms with van der Waals surface area (Å²) in [7, 11) is 1.49. The molecule has 192 valence electrons. The second-order valence-electron chi connectivity index (χ2n) is 8.38. The van der Waals surface area contributed by atoms with E-state index >= 15 is 0 Å². The van der Waals surface area contributed by atoms with Crippen molar-refractivity contribution in [2.24, 2.45) is 0 Å². The number of Topliss-reactive ketones (excluding diaryl/α,β-unsaturated/α-hetero) is 1. The Morgan fingerprint density at radius 3 is 2.27 bits per heavy atom. The monoisotopic (exact) mass is 570 g/mol. The van der Waals surface area contributed by atoms with E-state index in [4.69, 9.17) is 4.74 Å². The number of rotatable bonds is 7. The fraction of sp³-hybridized carbons (Fsp3) is 0.214. The highest BCUT2D eigenvalue weighted by Gasteiger charge is 2.47. The molecule has 1 aliphatic heterocycles. The van der Waals surface area contributed by atoms with Gasteiger partial charge in [-0.1, -0.05) is 12.1 Å². The summed E-state index contributed by atoms with van der Waals surface area (Å²) in [4.78, 5) is 29.6. The van der Waals surface area contributed by atoms with Gasteiger partial charge >= 0.3 is 0 Å². The third-order valence-corrected chi connectivity index (χ3v) is 7.00. The Morgan fingerprint density at radius 2 is 1.70 bits per heavy atom. The van der Waals surface area contributed by atoms with E-state index in [2.05, 4.69) is 20.8 Å². The summed E-state index contributed by atoms with van der Waals surface area (Å²) >= 11 is 3.36. The van der Waals surface area contributed by atoms with Gasteiger partial charge in [-0.2, -0.15) is 0 Å². The van der Waals surface area contributed by atoms with Gasteiger partial charge in [0, 0.05) is 30.4 Å². The molecular formula is C28H25BrF2N2O4. The van der Waals surface area contributed by atoms with Gasteiger partial charge in [0.2, 0.25) is 0 Å². The van der Waals surface area contributed by atoms with E-state index in [9.17, 15) is 23.5 Å². The van der Waals surface area contributed by atoms with E-state index in [-0.39, 0.29) is 16.8 Å². The molecular weight excluding hydrogens is 546 g/mol. The lowest BCUT2D eigenvalue weighted by Crippen LogP contribution is -2.30. The Morgan fingerprint density at radius 1 is 1.03 bits per heavy atom. The van der Waals surface area contributed by atoms with E-state index in [1.54, 1.807) is 30.3 Å². The van der Waals surface area contributed by atoms with Gasteiger partial charge in [0.05, 0.1) is 28.9 Å². The zero-order valence-electron chi connectivity index (χ0n) is 20.5. The molecule has 1 amide bonds. The van der Waals surface area contributed by atoms with Gasteiger partial charge in [-0.15, -0.1) is 0 Å². The van der Waals surface area contributed by atoms with Crippen LogP contribution in [0.1, 0.15) is 31.0 Å². The summed E-state index contributed by atoms with van der Waals surface area (Å²) in [5, 5.41) is 11.3. The second kappa shape index (κ2) is 10.7. The average Bonchev–Trinajstić information content (AvgIpc) is 3.15. The van der Waals surface area contributed by atoms with Crippen LogP contribution < -0.4 is 14.5 Å². The molecule has 1 heterocycles. The number of aliphatic hydroxyl groups excluding tert-OH is 1. The molecule has 1 atom stereocenters. The van der Waals surface area contributed by atoms with E-state index in [1.807, 2.05) is 26.0 Å². The molecule has 4 rings (SSSR count). The van der Waals surface area contributed by atoms with Crippen molar-refractivity contribution in [2.45, 2.75) is 19.9 Å². The minimum Gasteiger partial charge on any atom is -0.507 e. The molecule has 0 radical (unpaired) electrons. The molecule has 0 bridgehead atoms. The van der Waals surface area contributed by atoms with Crippen LogP contribution in [0.2, 0.25) is 0 Å². The highest BCUT2D eigenvalue weighted by atomic mass is 79.9. The van der Waals surface area contributed by atoms with Crippen molar-refractivity contribution >= 4 is 44.8 Å². The molecule has 1 unspecified atom stereocenters. The van der Waals surface area contributed by atoms with Crippen LogP contribution in [-0.4, -0.2) is 37.0 Å². The van der Waals surface area contributed by atoms with Gasteiger partial charge in [-0.05, 0) is 77.8 Å². The molecule has 1 aliphatic rings. The minimum absolute atomic E-state index is 0.207. The Balaban J connectivity index is 1.92. The Labute approximate surface area is 221 Å². The number of carbonyl (C=O) groups is 2. The van der Waals surface area contributed by atoms with Crippen LogP contribution in [0.25, 0.3) is 5.76 Å². The average molecular weight is 571 g/mol. The predicted molar refractivity (Wildman–Crippen MR) is 142 cm³/mol. The molecule has 1 fully saturated rings. The lowest BCUT2D eigenvalue weighted by Gasteiger charge is -2.27. The molecule has 0 aromatic heterocycles. The van der Waals surface area contributed by atoms with Gasteiger partial charge in [0.1, 0.15) is 23.1 Å². The van der Waals surface area contributed by atoms with E-state index in [0.717, 1.165) is 35.8 Å². The van der Waals surface area contributed by atoms with Crippen molar-refractivity contribution in [3.8, 4) is 5.75 Å². The fourth-order valence-corrected chi connectivity index (χ4v) is 5.04. The number of ether oxygens (including phenoxy) is 1. The summed E-state index contributed by atoms with van der Waals surface area (Å²) in [5.41, 5.74) is 1.19. The molecule has 3 aromatic carbocycles. The maximum Gasteiger partial charge on any atom is 0.300 e. The zero-order chi connectivity index (χ0) is 26.9. The number of halogens is 3. The summed E-state index contributed by atoms with van der Waals surface area (Å²) in [6, 6.07) is 13.5. The number of anilines is 2. The lowest BCUT2D eigenvalue weighted by molar-refractivity contribution is -0.132. The minimum atomic E-state index is -1.15. The number of hydrogen-bond acceptors (Lipinski definition) is 5. The van der Waals surface area contributed by atoms with Gasteiger partial charge in [-0.3, -0.25) is 14.5 Å². The van der Waals surface area contributed by atoms with Crippen LogP contribution in [0, 0.1) is 11.6 Å². The molecule has 0 aliphatic carbocycles. The van der Waals surface area contributed by atoms with Crippen molar-refractivity contribution in [3.05, 3.63) is 93.5 Å². The third-order valence-electron chi connectivity index (χ3n) is 6.38. The first-order chi connectivity index (χ1) is 17.7. The predicted octanol–water partition coefficient (Wildman–Crippen LogP) is 6.21. The third kappa shape index (κ3) is 4.83.